The lowest BCUT2D eigenvalue weighted by Crippen LogP contribution is -2.49. The fourth-order valence-electron chi connectivity index (χ4n) is 2.68. The first kappa shape index (κ1) is 13.8. The van der Waals surface area contributed by atoms with E-state index in [1.807, 2.05) is 38.1 Å². The van der Waals surface area contributed by atoms with Crippen molar-refractivity contribution in [3.63, 3.8) is 0 Å². The van der Waals surface area contributed by atoms with Gasteiger partial charge in [-0.15, -0.1) is 6.58 Å². The zero-order chi connectivity index (χ0) is 14.2. The number of aliphatic hydroxyl groups is 1. The molecule has 0 bridgehead atoms. The van der Waals surface area contributed by atoms with Crippen molar-refractivity contribution >= 4 is 5.91 Å². The molecule has 0 spiro atoms. The van der Waals surface area contributed by atoms with E-state index in [0.717, 1.165) is 16.7 Å². The SMILES string of the molecule is C=C(C)C[C@](C)(O)[C@@H](C)N1Cc2ccccc2C1=O. The van der Waals surface area contributed by atoms with Crippen molar-refractivity contribution in [2.45, 2.75) is 45.4 Å². The average Bonchev–Trinajstić information content (AvgIpc) is 2.65. The predicted octanol–water partition coefficient (Wildman–Crippen LogP) is 2.75. The maximum absolute atomic E-state index is 12.4. The summed E-state index contributed by atoms with van der Waals surface area (Å²) in [6.07, 6.45) is 0.494. The summed E-state index contributed by atoms with van der Waals surface area (Å²) < 4.78 is 0. The highest BCUT2D eigenvalue weighted by Gasteiger charge is 2.39. The maximum Gasteiger partial charge on any atom is 0.254 e. The summed E-state index contributed by atoms with van der Waals surface area (Å²) in [5.41, 5.74) is 1.75. The van der Waals surface area contributed by atoms with Crippen LogP contribution in [0.4, 0.5) is 0 Å². The van der Waals surface area contributed by atoms with Crippen molar-refractivity contribution in [2.75, 3.05) is 0 Å². The number of hydrogen-bond donors (Lipinski definition) is 1. The Morgan fingerprint density at radius 2 is 2.16 bits per heavy atom. The largest absolute Gasteiger partial charge is 0.388 e. The zero-order valence-corrected chi connectivity index (χ0v) is 11.8. The topological polar surface area (TPSA) is 40.5 Å². The van der Waals surface area contributed by atoms with Gasteiger partial charge in [0.2, 0.25) is 0 Å². The van der Waals surface area contributed by atoms with Crippen LogP contribution in [-0.2, 0) is 6.54 Å². The standard InChI is InChI=1S/C16H21NO2/c1-11(2)9-16(4,19)12(3)17-10-13-7-5-6-8-14(13)15(17)18/h5-8,12,19H,1,9-10H2,2-4H3/t12-,16+/m1/s1. The third-order valence-corrected chi connectivity index (χ3v) is 3.88. The number of benzene rings is 1. The van der Waals surface area contributed by atoms with E-state index in [2.05, 4.69) is 6.58 Å². The fraction of sp³-hybridized carbons (Fsp3) is 0.438. The predicted molar refractivity (Wildman–Crippen MR) is 75.8 cm³/mol. The minimum absolute atomic E-state index is 0.00471. The lowest BCUT2D eigenvalue weighted by atomic mass is 9.90. The van der Waals surface area contributed by atoms with Crippen LogP contribution in [-0.4, -0.2) is 27.6 Å². The fourth-order valence-corrected chi connectivity index (χ4v) is 2.68. The molecule has 1 N–H and O–H groups in total. The smallest absolute Gasteiger partial charge is 0.254 e. The Hall–Kier alpha value is -1.61. The quantitative estimate of drug-likeness (QED) is 0.845. The molecule has 102 valence electrons. The summed E-state index contributed by atoms with van der Waals surface area (Å²) in [6.45, 7) is 9.97. The molecule has 0 aliphatic carbocycles. The van der Waals surface area contributed by atoms with E-state index < -0.39 is 5.60 Å². The van der Waals surface area contributed by atoms with E-state index in [-0.39, 0.29) is 11.9 Å². The van der Waals surface area contributed by atoms with E-state index in [4.69, 9.17) is 0 Å². The molecule has 1 aliphatic rings. The van der Waals surface area contributed by atoms with Gasteiger partial charge in [0.25, 0.3) is 5.91 Å². The normalized spacial score (nSPS) is 18.9. The van der Waals surface area contributed by atoms with Gasteiger partial charge in [0, 0.05) is 12.1 Å². The minimum atomic E-state index is -0.955. The van der Waals surface area contributed by atoms with Crippen molar-refractivity contribution in [1.82, 2.24) is 4.90 Å². The van der Waals surface area contributed by atoms with Gasteiger partial charge >= 0.3 is 0 Å². The first-order chi connectivity index (χ1) is 8.83. The number of amides is 1. The van der Waals surface area contributed by atoms with Gasteiger partial charge in [-0.25, -0.2) is 0 Å². The summed E-state index contributed by atoms with van der Waals surface area (Å²) in [4.78, 5) is 14.1. The van der Waals surface area contributed by atoms with Crippen LogP contribution in [0.2, 0.25) is 0 Å². The molecule has 2 atom stereocenters. The van der Waals surface area contributed by atoms with Crippen LogP contribution in [0.25, 0.3) is 0 Å². The zero-order valence-electron chi connectivity index (χ0n) is 11.8. The summed E-state index contributed by atoms with van der Waals surface area (Å²) in [6, 6.07) is 7.37. The number of fused-ring (bicyclic) bond motifs is 1. The van der Waals surface area contributed by atoms with Crippen LogP contribution in [0, 0.1) is 0 Å². The van der Waals surface area contributed by atoms with E-state index in [0.29, 0.717) is 13.0 Å². The monoisotopic (exact) mass is 259 g/mol. The lowest BCUT2D eigenvalue weighted by Gasteiger charge is -2.37. The van der Waals surface area contributed by atoms with Crippen molar-refractivity contribution in [3.8, 4) is 0 Å². The molecule has 1 aromatic rings. The number of hydrogen-bond acceptors (Lipinski definition) is 2. The van der Waals surface area contributed by atoms with E-state index in [1.165, 1.54) is 0 Å². The molecule has 1 aliphatic heterocycles. The first-order valence-electron chi connectivity index (χ1n) is 6.58. The first-order valence-corrected chi connectivity index (χ1v) is 6.58. The lowest BCUT2D eigenvalue weighted by molar-refractivity contribution is -0.0193. The Kier molecular flexibility index (Phi) is 3.50. The average molecular weight is 259 g/mol. The second-order valence-electron chi connectivity index (χ2n) is 5.76. The van der Waals surface area contributed by atoms with Gasteiger partial charge in [-0.2, -0.15) is 0 Å². The Morgan fingerprint density at radius 3 is 2.74 bits per heavy atom. The maximum atomic E-state index is 12.4. The second kappa shape index (κ2) is 4.82. The molecular weight excluding hydrogens is 238 g/mol. The Labute approximate surface area is 114 Å². The van der Waals surface area contributed by atoms with E-state index >= 15 is 0 Å². The van der Waals surface area contributed by atoms with Gasteiger partial charge in [0.05, 0.1) is 11.6 Å². The molecule has 0 fully saturated rings. The van der Waals surface area contributed by atoms with Gasteiger partial charge in [-0.3, -0.25) is 4.79 Å². The van der Waals surface area contributed by atoms with Gasteiger partial charge in [-0.1, -0.05) is 23.8 Å². The number of carbonyl (C=O) groups is 1. The summed E-state index contributed by atoms with van der Waals surface area (Å²) >= 11 is 0. The molecule has 0 radical (unpaired) electrons. The van der Waals surface area contributed by atoms with Crippen LogP contribution in [0.1, 0.15) is 43.1 Å². The molecule has 3 heteroatoms. The Morgan fingerprint density at radius 1 is 1.53 bits per heavy atom. The van der Waals surface area contributed by atoms with Crippen molar-refractivity contribution in [2.24, 2.45) is 0 Å². The molecule has 19 heavy (non-hydrogen) atoms. The van der Waals surface area contributed by atoms with Crippen LogP contribution in [0.5, 0.6) is 0 Å². The van der Waals surface area contributed by atoms with Crippen molar-refractivity contribution in [3.05, 3.63) is 47.5 Å². The van der Waals surface area contributed by atoms with Gasteiger partial charge in [-0.05, 0) is 38.8 Å². The summed E-state index contributed by atoms with van der Waals surface area (Å²) in [5, 5.41) is 10.6. The Bertz CT molecular complexity index is 519. The highest BCUT2D eigenvalue weighted by atomic mass is 16.3. The molecular formula is C16H21NO2. The van der Waals surface area contributed by atoms with E-state index in [1.54, 1.807) is 11.8 Å². The molecule has 0 saturated carbocycles. The van der Waals surface area contributed by atoms with Crippen LogP contribution >= 0.6 is 0 Å². The van der Waals surface area contributed by atoms with Crippen LogP contribution in [0.15, 0.2) is 36.4 Å². The molecule has 0 saturated heterocycles. The van der Waals surface area contributed by atoms with Crippen molar-refractivity contribution < 1.29 is 9.90 Å². The third kappa shape index (κ3) is 2.56. The van der Waals surface area contributed by atoms with Gasteiger partial charge in [0.15, 0.2) is 0 Å². The molecule has 1 heterocycles. The molecule has 0 unspecified atom stereocenters. The van der Waals surface area contributed by atoms with Crippen LogP contribution < -0.4 is 0 Å². The van der Waals surface area contributed by atoms with E-state index in [9.17, 15) is 9.90 Å². The number of carbonyl (C=O) groups excluding carboxylic acids is 1. The minimum Gasteiger partial charge on any atom is -0.388 e. The van der Waals surface area contributed by atoms with Gasteiger partial charge in [0.1, 0.15) is 0 Å². The summed E-state index contributed by atoms with van der Waals surface area (Å²) in [5.74, 6) is 0.00471. The van der Waals surface area contributed by atoms with Gasteiger partial charge < -0.3 is 10.0 Å². The highest BCUT2D eigenvalue weighted by Crippen LogP contribution is 2.30. The van der Waals surface area contributed by atoms with Crippen LogP contribution in [0.3, 0.4) is 0 Å². The molecule has 1 aromatic carbocycles. The number of rotatable bonds is 4. The Balaban J connectivity index is 2.21. The summed E-state index contributed by atoms with van der Waals surface area (Å²) in [7, 11) is 0. The molecule has 0 aromatic heterocycles. The molecule has 3 nitrogen and oxygen atoms in total. The van der Waals surface area contributed by atoms with Crippen molar-refractivity contribution in [1.29, 1.82) is 0 Å². The molecule has 2 rings (SSSR count). The third-order valence-electron chi connectivity index (χ3n) is 3.88. The highest BCUT2D eigenvalue weighted by molar-refractivity contribution is 5.98. The number of nitrogens with zero attached hydrogens (tertiary/aromatic N) is 1. The second-order valence-corrected chi connectivity index (χ2v) is 5.76. The molecule has 1 amide bonds.